The normalized spacial score (nSPS) is 13.5. The zero-order chi connectivity index (χ0) is 13.1. The monoisotopic (exact) mass is 261 g/mol. The van der Waals surface area contributed by atoms with Crippen LogP contribution < -0.4 is 4.72 Å². The summed E-state index contributed by atoms with van der Waals surface area (Å²) in [7, 11) is -1.98. The predicted octanol–water partition coefficient (Wildman–Crippen LogP) is -0.191. The van der Waals surface area contributed by atoms with Crippen molar-refractivity contribution in [2.45, 2.75) is 18.2 Å². The van der Waals surface area contributed by atoms with E-state index < -0.39 is 16.0 Å². The Balaban J connectivity index is 2.59. The highest BCUT2D eigenvalue weighted by atomic mass is 32.2. The van der Waals surface area contributed by atoms with Crippen LogP contribution in [0.25, 0.3) is 0 Å². The first-order valence-corrected chi connectivity index (χ1v) is 6.49. The number of aryl methyl sites for hydroxylation is 1. The highest BCUT2D eigenvalue weighted by Gasteiger charge is 2.17. The van der Waals surface area contributed by atoms with Crippen molar-refractivity contribution in [1.82, 2.24) is 14.5 Å². The second kappa shape index (κ2) is 5.28. The van der Waals surface area contributed by atoms with Crippen molar-refractivity contribution in [1.29, 1.82) is 0 Å². The SMILES string of the molecule is CC(CNS(=O)(=O)c1cnn(C)c1)CC(=O)O. The molecule has 8 heteroatoms. The molecule has 96 valence electrons. The van der Waals surface area contributed by atoms with E-state index in [9.17, 15) is 13.2 Å². The van der Waals surface area contributed by atoms with Crippen LogP contribution in [-0.4, -0.2) is 35.8 Å². The lowest BCUT2D eigenvalue weighted by Crippen LogP contribution is -2.29. The quantitative estimate of drug-likeness (QED) is 0.739. The minimum atomic E-state index is -3.60. The van der Waals surface area contributed by atoms with E-state index in [0.29, 0.717) is 0 Å². The molecule has 1 aromatic heterocycles. The fourth-order valence-electron chi connectivity index (χ4n) is 1.24. The molecule has 0 aliphatic heterocycles. The Morgan fingerprint density at radius 3 is 2.76 bits per heavy atom. The van der Waals surface area contributed by atoms with E-state index in [1.807, 2.05) is 0 Å². The minimum Gasteiger partial charge on any atom is -0.481 e. The molecule has 0 amide bonds. The maximum atomic E-state index is 11.7. The van der Waals surface area contributed by atoms with Gasteiger partial charge in [-0.1, -0.05) is 6.92 Å². The molecule has 2 N–H and O–H groups in total. The summed E-state index contributed by atoms with van der Waals surface area (Å²) in [5, 5.41) is 12.3. The van der Waals surface area contributed by atoms with Crippen molar-refractivity contribution < 1.29 is 18.3 Å². The van der Waals surface area contributed by atoms with E-state index in [1.165, 1.54) is 17.1 Å². The van der Waals surface area contributed by atoms with Gasteiger partial charge < -0.3 is 5.11 Å². The summed E-state index contributed by atoms with van der Waals surface area (Å²) in [6.45, 7) is 1.75. The van der Waals surface area contributed by atoms with Crippen LogP contribution in [-0.2, 0) is 21.9 Å². The average molecular weight is 261 g/mol. The first-order valence-electron chi connectivity index (χ1n) is 5.01. The van der Waals surface area contributed by atoms with Crippen LogP contribution in [0.1, 0.15) is 13.3 Å². The Kier molecular flexibility index (Phi) is 4.24. The number of aliphatic carboxylic acids is 1. The zero-order valence-corrected chi connectivity index (χ0v) is 10.4. The summed E-state index contributed by atoms with van der Waals surface area (Å²) in [6.07, 6.45) is 2.55. The summed E-state index contributed by atoms with van der Waals surface area (Å²) in [5.41, 5.74) is 0. The summed E-state index contributed by atoms with van der Waals surface area (Å²) in [6, 6.07) is 0. The van der Waals surface area contributed by atoms with E-state index in [0.717, 1.165) is 0 Å². The topological polar surface area (TPSA) is 101 Å². The molecule has 0 aromatic carbocycles. The van der Waals surface area contributed by atoms with Crippen molar-refractivity contribution in [3.63, 3.8) is 0 Å². The second-order valence-electron chi connectivity index (χ2n) is 3.90. The molecular formula is C9H15N3O4S. The molecule has 1 aromatic rings. The lowest BCUT2D eigenvalue weighted by Gasteiger charge is -2.09. The van der Waals surface area contributed by atoms with Crippen molar-refractivity contribution >= 4 is 16.0 Å². The number of hydrogen-bond acceptors (Lipinski definition) is 4. The minimum absolute atomic E-state index is 0.0718. The van der Waals surface area contributed by atoms with Gasteiger partial charge in [0.1, 0.15) is 4.90 Å². The number of sulfonamides is 1. The van der Waals surface area contributed by atoms with Crippen LogP contribution in [0.5, 0.6) is 0 Å². The molecule has 0 aliphatic rings. The molecular weight excluding hydrogens is 246 g/mol. The maximum Gasteiger partial charge on any atom is 0.303 e. The molecule has 0 spiro atoms. The van der Waals surface area contributed by atoms with Crippen LogP contribution >= 0.6 is 0 Å². The van der Waals surface area contributed by atoms with Crippen molar-refractivity contribution in [3.8, 4) is 0 Å². The Morgan fingerprint density at radius 2 is 2.29 bits per heavy atom. The van der Waals surface area contributed by atoms with E-state index >= 15 is 0 Å². The lowest BCUT2D eigenvalue weighted by molar-refractivity contribution is -0.137. The summed E-state index contributed by atoms with van der Waals surface area (Å²) >= 11 is 0. The highest BCUT2D eigenvalue weighted by Crippen LogP contribution is 2.07. The van der Waals surface area contributed by atoms with Crippen molar-refractivity contribution in [2.24, 2.45) is 13.0 Å². The van der Waals surface area contributed by atoms with Gasteiger partial charge in [-0.3, -0.25) is 9.48 Å². The van der Waals surface area contributed by atoms with Gasteiger partial charge in [-0.15, -0.1) is 0 Å². The third kappa shape index (κ3) is 4.16. The van der Waals surface area contributed by atoms with Crippen molar-refractivity contribution in [2.75, 3.05) is 6.54 Å². The van der Waals surface area contributed by atoms with Crippen molar-refractivity contribution in [3.05, 3.63) is 12.4 Å². The summed E-state index contributed by atoms with van der Waals surface area (Å²) in [5.74, 6) is -1.21. The molecule has 0 saturated heterocycles. The average Bonchev–Trinajstić information content (AvgIpc) is 2.62. The number of hydrogen-bond donors (Lipinski definition) is 2. The van der Waals surface area contributed by atoms with Gasteiger partial charge in [0.15, 0.2) is 0 Å². The number of nitrogens with one attached hydrogen (secondary N) is 1. The Hall–Kier alpha value is -1.41. The van der Waals surface area contributed by atoms with Gasteiger partial charge in [0, 0.05) is 26.2 Å². The van der Waals surface area contributed by atoms with Gasteiger partial charge in [0.05, 0.1) is 6.20 Å². The number of carbonyl (C=O) groups is 1. The maximum absolute atomic E-state index is 11.7. The molecule has 1 unspecified atom stereocenters. The first-order chi connectivity index (χ1) is 7.81. The lowest BCUT2D eigenvalue weighted by atomic mass is 10.1. The fraction of sp³-hybridized carbons (Fsp3) is 0.556. The third-order valence-electron chi connectivity index (χ3n) is 2.14. The van der Waals surface area contributed by atoms with Gasteiger partial charge in [0.2, 0.25) is 10.0 Å². The van der Waals surface area contributed by atoms with Crippen LogP contribution in [0, 0.1) is 5.92 Å². The predicted molar refractivity (Wildman–Crippen MR) is 59.8 cm³/mol. The van der Waals surface area contributed by atoms with Gasteiger partial charge in [-0.2, -0.15) is 5.10 Å². The molecule has 0 radical (unpaired) electrons. The van der Waals surface area contributed by atoms with E-state index in [1.54, 1.807) is 14.0 Å². The molecule has 1 heterocycles. The zero-order valence-electron chi connectivity index (χ0n) is 9.62. The molecule has 1 rings (SSSR count). The first kappa shape index (κ1) is 13.7. The summed E-state index contributed by atoms with van der Waals surface area (Å²) < 4.78 is 27.2. The largest absolute Gasteiger partial charge is 0.481 e. The second-order valence-corrected chi connectivity index (χ2v) is 5.67. The molecule has 0 aliphatic carbocycles. The molecule has 7 nitrogen and oxygen atoms in total. The Morgan fingerprint density at radius 1 is 1.65 bits per heavy atom. The van der Waals surface area contributed by atoms with Gasteiger partial charge in [-0.05, 0) is 5.92 Å². The number of nitrogens with zero attached hydrogens (tertiary/aromatic N) is 2. The van der Waals surface area contributed by atoms with Gasteiger partial charge >= 0.3 is 5.97 Å². The molecule has 0 saturated carbocycles. The molecule has 17 heavy (non-hydrogen) atoms. The van der Waals surface area contributed by atoms with E-state index in [-0.39, 0.29) is 23.8 Å². The molecule has 0 fully saturated rings. The van der Waals surface area contributed by atoms with Gasteiger partial charge in [0.25, 0.3) is 0 Å². The Bertz CT molecular complexity index is 494. The van der Waals surface area contributed by atoms with E-state index in [4.69, 9.17) is 5.11 Å². The number of rotatable bonds is 6. The fourth-order valence-corrected chi connectivity index (χ4v) is 2.39. The van der Waals surface area contributed by atoms with Crippen LogP contribution in [0.3, 0.4) is 0 Å². The standard InChI is InChI=1S/C9H15N3O4S/c1-7(3-9(13)14)4-11-17(15,16)8-5-10-12(2)6-8/h5-7,11H,3-4H2,1-2H3,(H,13,14). The number of carboxylic acids is 1. The highest BCUT2D eigenvalue weighted by molar-refractivity contribution is 7.89. The van der Waals surface area contributed by atoms with Crippen LogP contribution in [0.4, 0.5) is 0 Å². The Labute approximate surface area is 99.5 Å². The van der Waals surface area contributed by atoms with E-state index in [2.05, 4.69) is 9.82 Å². The third-order valence-corrected chi connectivity index (χ3v) is 3.51. The van der Waals surface area contributed by atoms with Crippen LogP contribution in [0.15, 0.2) is 17.3 Å². The molecule has 1 atom stereocenters. The number of aromatic nitrogens is 2. The smallest absolute Gasteiger partial charge is 0.303 e. The number of carboxylic acid groups (broad SMARTS) is 1. The van der Waals surface area contributed by atoms with Gasteiger partial charge in [-0.25, -0.2) is 13.1 Å². The molecule has 0 bridgehead atoms. The van der Waals surface area contributed by atoms with Crippen LogP contribution in [0.2, 0.25) is 0 Å². The summed E-state index contributed by atoms with van der Waals surface area (Å²) in [4.78, 5) is 10.5.